The Morgan fingerprint density at radius 1 is 1.30 bits per heavy atom. The van der Waals surface area contributed by atoms with Crippen LogP contribution in [0.3, 0.4) is 0 Å². The molecule has 2 aliphatic rings. The molecule has 0 amide bonds. The molecule has 7 nitrogen and oxygen atoms in total. The molecule has 1 aliphatic heterocycles. The number of rotatable bonds is 7. The zero-order chi connectivity index (χ0) is 19.2. The normalized spacial score (nSPS) is 20.4. The summed E-state index contributed by atoms with van der Waals surface area (Å²) in [7, 11) is 0. The second kappa shape index (κ2) is 8.99. The molecule has 1 N–H and O–H groups in total. The Morgan fingerprint density at radius 3 is 2.93 bits per heavy atom. The Morgan fingerprint density at radius 2 is 2.15 bits per heavy atom. The maximum Gasteiger partial charge on any atom is 0.333 e. The fourth-order valence-corrected chi connectivity index (χ4v) is 3.45. The number of dihydropyridines is 1. The number of fused-ring (bicyclic) bond motifs is 1. The first-order chi connectivity index (χ1) is 13.1. The van der Waals surface area contributed by atoms with Gasteiger partial charge in [0.05, 0.1) is 18.3 Å². The summed E-state index contributed by atoms with van der Waals surface area (Å²) in [6.45, 7) is 0.676. The van der Waals surface area contributed by atoms with Gasteiger partial charge in [-0.3, -0.25) is 19.3 Å². The van der Waals surface area contributed by atoms with Gasteiger partial charge in [-0.15, -0.1) is 0 Å². The summed E-state index contributed by atoms with van der Waals surface area (Å²) in [5.74, 6) is 0.744. The van der Waals surface area contributed by atoms with Crippen LogP contribution in [0, 0.1) is 17.2 Å². The molecule has 0 saturated heterocycles. The number of aliphatic imine (C=N–C) groups is 1. The van der Waals surface area contributed by atoms with Crippen LogP contribution in [0.2, 0.25) is 0 Å². The van der Waals surface area contributed by atoms with Crippen LogP contribution in [-0.2, 0) is 4.74 Å². The van der Waals surface area contributed by atoms with Crippen molar-refractivity contribution in [3.8, 4) is 6.07 Å². The average Bonchev–Trinajstić information content (AvgIpc) is 2.67. The molecule has 1 aromatic heterocycles. The highest BCUT2D eigenvalue weighted by Gasteiger charge is 2.23. The molecule has 1 aromatic rings. The molecule has 3 rings (SSSR count). The molecular formula is C19H19IN4O3. The summed E-state index contributed by atoms with van der Waals surface area (Å²) >= 11 is 2.37. The van der Waals surface area contributed by atoms with Crippen LogP contribution in [-0.4, -0.2) is 32.8 Å². The molecule has 140 valence electrons. The standard InChI is InChI=1S/C19H19IN4O3/c20-6-2-1-3-7-27-16-4-5-17-13(9-16)8-15(11-22-17)24-12-14(10-21)18(25)23-19(24)26/h4-5,8-9,11-13,17H,1-3,6-7H2,(H,23,25,26). The zero-order valence-electron chi connectivity index (χ0n) is 14.6. The molecule has 0 fully saturated rings. The van der Waals surface area contributed by atoms with Crippen molar-refractivity contribution in [2.24, 2.45) is 10.9 Å². The van der Waals surface area contributed by atoms with E-state index in [2.05, 4.69) is 32.6 Å². The number of H-pyrrole nitrogens is 1. The van der Waals surface area contributed by atoms with E-state index in [0.717, 1.165) is 23.0 Å². The molecule has 0 aromatic carbocycles. The van der Waals surface area contributed by atoms with E-state index < -0.39 is 11.2 Å². The Labute approximate surface area is 169 Å². The minimum atomic E-state index is -0.691. The van der Waals surface area contributed by atoms with Crippen LogP contribution in [0.25, 0.3) is 5.70 Å². The van der Waals surface area contributed by atoms with Crippen molar-refractivity contribution in [2.45, 2.75) is 25.3 Å². The minimum Gasteiger partial charge on any atom is -0.494 e. The summed E-state index contributed by atoms with van der Waals surface area (Å²) in [4.78, 5) is 30.3. The SMILES string of the molecule is N#Cc1cn(C2=CC3C=C(OCCCCCI)C=CC3N=C2)c(=O)[nH]c1=O. The van der Waals surface area contributed by atoms with Gasteiger partial charge in [0.2, 0.25) is 0 Å². The predicted octanol–water partition coefficient (Wildman–Crippen LogP) is 2.39. The summed E-state index contributed by atoms with van der Waals surface area (Å²) in [6, 6.07) is 1.74. The lowest BCUT2D eigenvalue weighted by Crippen LogP contribution is -2.32. The van der Waals surface area contributed by atoms with E-state index >= 15 is 0 Å². The Kier molecular flexibility index (Phi) is 6.45. The number of aromatic amines is 1. The van der Waals surface area contributed by atoms with Crippen LogP contribution in [0.4, 0.5) is 0 Å². The van der Waals surface area contributed by atoms with E-state index in [4.69, 9.17) is 10.00 Å². The molecule has 2 unspecified atom stereocenters. The lowest BCUT2D eigenvalue weighted by Gasteiger charge is -2.25. The highest BCUT2D eigenvalue weighted by molar-refractivity contribution is 14.1. The minimum absolute atomic E-state index is 0.0472. The van der Waals surface area contributed by atoms with Crippen LogP contribution in [0.5, 0.6) is 0 Å². The number of unbranched alkanes of at least 4 members (excludes halogenated alkanes) is 2. The third-order valence-electron chi connectivity index (χ3n) is 4.34. The predicted molar refractivity (Wildman–Crippen MR) is 112 cm³/mol. The first kappa shape index (κ1) is 19.4. The van der Waals surface area contributed by atoms with E-state index in [9.17, 15) is 9.59 Å². The molecule has 27 heavy (non-hydrogen) atoms. The number of nitrogens with one attached hydrogen (secondary N) is 1. The number of hydrogen-bond donors (Lipinski definition) is 1. The molecule has 0 bridgehead atoms. The van der Waals surface area contributed by atoms with Gasteiger partial charge in [0.25, 0.3) is 5.56 Å². The smallest absolute Gasteiger partial charge is 0.333 e. The van der Waals surface area contributed by atoms with E-state index in [1.165, 1.54) is 17.2 Å². The van der Waals surface area contributed by atoms with E-state index in [1.54, 1.807) is 12.3 Å². The van der Waals surface area contributed by atoms with Crippen molar-refractivity contribution >= 4 is 34.5 Å². The third kappa shape index (κ3) is 4.66. The summed E-state index contributed by atoms with van der Waals surface area (Å²) in [6.07, 6.45) is 14.0. The van der Waals surface area contributed by atoms with Crippen molar-refractivity contribution in [3.05, 3.63) is 62.7 Å². The number of hydrogen-bond acceptors (Lipinski definition) is 5. The van der Waals surface area contributed by atoms with E-state index in [-0.39, 0.29) is 17.5 Å². The van der Waals surface area contributed by atoms with Crippen LogP contribution in [0.15, 0.2) is 50.8 Å². The summed E-state index contributed by atoms with van der Waals surface area (Å²) in [5.41, 5.74) is -0.900. The summed E-state index contributed by atoms with van der Waals surface area (Å²) < 4.78 is 8.22. The third-order valence-corrected chi connectivity index (χ3v) is 5.10. The van der Waals surface area contributed by atoms with Crippen LogP contribution in [0.1, 0.15) is 24.8 Å². The van der Waals surface area contributed by atoms with Gasteiger partial charge in [0.1, 0.15) is 17.4 Å². The molecule has 2 heterocycles. The van der Waals surface area contributed by atoms with Crippen molar-refractivity contribution in [2.75, 3.05) is 11.0 Å². The topological polar surface area (TPSA) is 100 Å². The lowest BCUT2D eigenvalue weighted by molar-refractivity contribution is 0.214. The van der Waals surface area contributed by atoms with Gasteiger partial charge < -0.3 is 4.74 Å². The monoisotopic (exact) mass is 478 g/mol. The second-order valence-corrected chi connectivity index (χ2v) is 7.33. The van der Waals surface area contributed by atoms with Crippen LogP contribution < -0.4 is 11.2 Å². The van der Waals surface area contributed by atoms with Crippen molar-refractivity contribution in [1.82, 2.24) is 9.55 Å². The van der Waals surface area contributed by atoms with Gasteiger partial charge in [-0.2, -0.15) is 5.26 Å². The molecule has 8 heteroatoms. The highest BCUT2D eigenvalue weighted by atomic mass is 127. The largest absolute Gasteiger partial charge is 0.494 e. The van der Waals surface area contributed by atoms with Gasteiger partial charge in [-0.25, -0.2) is 4.79 Å². The van der Waals surface area contributed by atoms with Gasteiger partial charge in [0.15, 0.2) is 0 Å². The van der Waals surface area contributed by atoms with Crippen molar-refractivity contribution in [3.63, 3.8) is 0 Å². The van der Waals surface area contributed by atoms with Crippen molar-refractivity contribution < 1.29 is 4.74 Å². The first-order valence-electron chi connectivity index (χ1n) is 8.72. The molecule has 2 atom stereocenters. The molecule has 1 aliphatic carbocycles. The van der Waals surface area contributed by atoms with E-state index in [1.807, 2.05) is 24.3 Å². The zero-order valence-corrected chi connectivity index (χ0v) is 16.8. The maximum absolute atomic E-state index is 12.1. The fraction of sp³-hybridized carbons (Fsp3) is 0.368. The number of nitrogens with zero attached hydrogens (tertiary/aromatic N) is 3. The van der Waals surface area contributed by atoms with Gasteiger partial charge in [0, 0.05) is 18.3 Å². The Bertz CT molecular complexity index is 978. The average molecular weight is 478 g/mol. The number of nitriles is 1. The number of ether oxygens (including phenoxy) is 1. The second-order valence-electron chi connectivity index (χ2n) is 6.25. The van der Waals surface area contributed by atoms with Gasteiger partial charge in [-0.1, -0.05) is 28.7 Å². The molecule has 0 spiro atoms. The molecule has 0 saturated carbocycles. The summed E-state index contributed by atoms with van der Waals surface area (Å²) in [5, 5.41) is 9.02. The quantitative estimate of drug-likeness (QED) is 0.370. The lowest BCUT2D eigenvalue weighted by atomic mass is 9.92. The maximum atomic E-state index is 12.1. The number of allylic oxidation sites excluding steroid dienone is 2. The highest BCUT2D eigenvalue weighted by Crippen LogP contribution is 2.26. The fourth-order valence-electron chi connectivity index (χ4n) is 2.91. The van der Waals surface area contributed by atoms with Crippen LogP contribution >= 0.6 is 22.6 Å². The first-order valence-corrected chi connectivity index (χ1v) is 10.2. The van der Waals surface area contributed by atoms with Crippen molar-refractivity contribution in [1.29, 1.82) is 5.26 Å². The Balaban J connectivity index is 1.77. The molecular weight excluding hydrogens is 459 g/mol. The van der Waals surface area contributed by atoms with E-state index in [0.29, 0.717) is 12.3 Å². The van der Waals surface area contributed by atoms with Gasteiger partial charge in [-0.05, 0) is 41.9 Å². The number of alkyl halides is 1. The molecule has 0 radical (unpaired) electrons. The number of aromatic nitrogens is 2. The Hall–Kier alpha value is -2.41. The van der Waals surface area contributed by atoms with Gasteiger partial charge >= 0.3 is 5.69 Å². The number of halogens is 1.